The van der Waals surface area contributed by atoms with Crippen LogP contribution >= 0.6 is 0 Å². The van der Waals surface area contributed by atoms with E-state index in [0.717, 1.165) is 5.56 Å². The first kappa shape index (κ1) is 18.0. The second-order valence-electron chi connectivity index (χ2n) is 5.09. The predicted molar refractivity (Wildman–Crippen MR) is 89.0 cm³/mol. The molecule has 130 valence electrons. The highest BCUT2D eigenvalue weighted by Crippen LogP contribution is 2.10. The fraction of sp³-hybridized carbons (Fsp3) is 0.167. The molecule has 0 heterocycles. The van der Waals surface area contributed by atoms with Crippen LogP contribution in [0.1, 0.15) is 33.2 Å². The molecule has 0 aromatic heterocycles. The van der Waals surface area contributed by atoms with Gasteiger partial charge in [0, 0.05) is 12.2 Å². The monoisotopic (exact) mass is 341 g/mol. The summed E-state index contributed by atoms with van der Waals surface area (Å²) in [7, 11) is 0. The molecule has 0 atom stereocenters. The van der Waals surface area contributed by atoms with Gasteiger partial charge in [0.1, 0.15) is 0 Å². The van der Waals surface area contributed by atoms with Gasteiger partial charge in [-0.3, -0.25) is 0 Å². The Morgan fingerprint density at radius 3 is 2.12 bits per heavy atom. The van der Waals surface area contributed by atoms with Gasteiger partial charge in [-0.05, 0) is 42.3 Å². The van der Waals surface area contributed by atoms with E-state index in [0.29, 0.717) is 17.9 Å². The van der Waals surface area contributed by atoms with Crippen molar-refractivity contribution in [1.82, 2.24) is 5.32 Å². The van der Waals surface area contributed by atoms with Gasteiger partial charge in [-0.1, -0.05) is 24.3 Å². The molecule has 2 aromatic rings. The fourth-order valence-corrected chi connectivity index (χ4v) is 2.02. The molecule has 0 saturated carbocycles. The molecule has 25 heavy (non-hydrogen) atoms. The van der Waals surface area contributed by atoms with Crippen LogP contribution in [-0.4, -0.2) is 24.6 Å². The number of benzene rings is 2. The van der Waals surface area contributed by atoms with E-state index in [1.54, 1.807) is 43.3 Å². The first-order valence-electron chi connectivity index (χ1n) is 7.62. The maximum atomic E-state index is 11.9. The van der Waals surface area contributed by atoms with Crippen LogP contribution in [0, 0.1) is 0 Å². The summed E-state index contributed by atoms with van der Waals surface area (Å²) in [6, 6.07) is 11.9. The standard InChI is InChI=1S/C18H18N2O5/c1-2-25-17(23)14-7-9-15(10-8-14)20-18(24)19-11-12-3-5-13(6-4-12)16(21)22/h3-10H,2,11H2,1H3,(H,21,22)(H2,19,20,24)/p-1. The quantitative estimate of drug-likeness (QED) is 0.775. The van der Waals surface area contributed by atoms with E-state index in [4.69, 9.17) is 4.74 Å². The van der Waals surface area contributed by atoms with E-state index < -0.39 is 18.0 Å². The Morgan fingerprint density at radius 1 is 0.960 bits per heavy atom. The number of hydrogen-bond acceptors (Lipinski definition) is 5. The van der Waals surface area contributed by atoms with E-state index in [2.05, 4.69) is 10.6 Å². The number of urea groups is 1. The largest absolute Gasteiger partial charge is 0.545 e. The highest BCUT2D eigenvalue weighted by molar-refractivity contribution is 5.92. The lowest BCUT2D eigenvalue weighted by molar-refractivity contribution is -0.255. The molecule has 0 aliphatic rings. The summed E-state index contributed by atoms with van der Waals surface area (Å²) in [6.45, 7) is 2.26. The maximum absolute atomic E-state index is 11.9. The third-order valence-electron chi connectivity index (χ3n) is 3.30. The van der Waals surface area contributed by atoms with Crippen LogP contribution in [0.25, 0.3) is 0 Å². The molecule has 7 nitrogen and oxygen atoms in total. The average Bonchev–Trinajstić information content (AvgIpc) is 2.61. The number of amides is 2. The number of hydrogen-bond donors (Lipinski definition) is 2. The molecule has 2 aromatic carbocycles. The highest BCUT2D eigenvalue weighted by Gasteiger charge is 2.07. The first-order chi connectivity index (χ1) is 12.0. The summed E-state index contributed by atoms with van der Waals surface area (Å²) in [5.74, 6) is -1.66. The lowest BCUT2D eigenvalue weighted by Gasteiger charge is -2.09. The molecule has 2 N–H and O–H groups in total. The Kier molecular flexibility index (Phi) is 6.11. The zero-order valence-electron chi connectivity index (χ0n) is 13.6. The van der Waals surface area contributed by atoms with Crippen molar-refractivity contribution in [2.75, 3.05) is 11.9 Å². The van der Waals surface area contributed by atoms with Gasteiger partial charge in [0.25, 0.3) is 0 Å². The summed E-state index contributed by atoms with van der Waals surface area (Å²) >= 11 is 0. The molecule has 0 spiro atoms. The molecule has 0 aliphatic carbocycles. The number of carboxylic acids is 1. The van der Waals surface area contributed by atoms with Crippen molar-refractivity contribution < 1.29 is 24.2 Å². The van der Waals surface area contributed by atoms with Gasteiger partial charge in [0.05, 0.1) is 18.1 Å². The number of carbonyl (C=O) groups excluding carboxylic acids is 3. The SMILES string of the molecule is CCOC(=O)c1ccc(NC(=O)NCc2ccc(C(=O)[O-])cc2)cc1. The fourth-order valence-electron chi connectivity index (χ4n) is 2.02. The van der Waals surface area contributed by atoms with Gasteiger partial charge in [-0.15, -0.1) is 0 Å². The van der Waals surface area contributed by atoms with E-state index in [-0.39, 0.29) is 12.1 Å². The molecule has 2 rings (SSSR count). The minimum absolute atomic E-state index is 0.0786. The van der Waals surface area contributed by atoms with Crippen LogP contribution in [0.4, 0.5) is 10.5 Å². The summed E-state index contributed by atoms with van der Waals surface area (Å²) in [5.41, 5.74) is 1.76. The zero-order chi connectivity index (χ0) is 18.2. The van der Waals surface area contributed by atoms with Gasteiger partial charge in [0.2, 0.25) is 0 Å². The Morgan fingerprint density at radius 2 is 1.56 bits per heavy atom. The average molecular weight is 341 g/mol. The van der Waals surface area contributed by atoms with Crippen molar-refractivity contribution in [1.29, 1.82) is 0 Å². The number of anilines is 1. The van der Waals surface area contributed by atoms with Gasteiger partial charge < -0.3 is 25.3 Å². The van der Waals surface area contributed by atoms with Crippen LogP contribution in [0.3, 0.4) is 0 Å². The normalized spacial score (nSPS) is 9.96. The summed E-state index contributed by atoms with van der Waals surface area (Å²) in [4.78, 5) is 34.1. The lowest BCUT2D eigenvalue weighted by Crippen LogP contribution is -2.28. The number of aromatic carboxylic acids is 1. The first-order valence-corrected chi connectivity index (χ1v) is 7.62. The van der Waals surface area contributed by atoms with Gasteiger partial charge in [-0.25, -0.2) is 9.59 Å². The zero-order valence-corrected chi connectivity index (χ0v) is 13.6. The van der Waals surface area contributed by atoms with E-state index >= 15 is 0 Å². The van der Waals surface area contributed by atoms with Crippen molar-refractivity contribution in [3.63, 3.8) is 0 Å². The van der Waals surface area contributed by atoms with Crippen molar-refractivity contribution in [2.24, 2.45) is 0 Å². The lowest BCUT2D eigenvalue weighted by atomic mass is 10.1. The number of ether oxygens (including phenoxy) is 1. The Hall–Kier alpha value is -3.35. The summed E-state index contributed by atoms with van der Waals surface area (Å²) in [6.07, 6.45) is 0. The van der Waals surface area contributed by atoms with Gasteiger partial charge >= 0.3 is 12.0 Å². The van der Waals surface area contributed by atoms with Crippen molar-refractivity contribution in [3.05, 3.63) is 65.2 Å². The van der Waals surface area contributed by atoms with Crippen molar-refractivity contribution in [2.45, 2.75) is 13.5 Å². The van der Waals surface area contributed by atoms with E-state index in [1.165, 1.54) is 12.1 Å². The Labute approximate surface area is 144 Å². The molecule has 0 fully saturated rings. The van der Waals surface area contributed by atoms with Crippen molar-refractivity contribution in [3.8, 4) is 0 Å². The van der Waals surface area contributed by atoms with Gasteiger partial charge in [0.15, 0.2) is 0 Å². The maximum Gasteiger partial charge on any atom is 0.338 e. The number of rotatable bonds is 6. The second-order valence-corrected chi connectivity index (χ2v) is 5.09. The molecule has 0 radical (unpaired) electrons. The molecular formula is C18H17N2O5-. The van der Waals surface area contributed by atoms with Crippen molar-refractivity contribution >= 4 is 23.7 Å². The van der Waals surface area contributed by atoms with E-state index in [9.17, 15) is 19.5 Å². The smallest absolute Gasteiger partial charge is 0.338 e. The molecule has 0 unspecified atom stereocenters. The minimum Gasteiger partial charge on any atom is -0.545 e. The third kappa shape index (κ3) is 5.35. The van der Waals surface area contributed by atoms with Crippen LogP contribution < -0.4 is 15.7 Å². The number of esters is 1. The Bertz CT molecular complexity index is 754. The van der Waals surface area contributed by atoms with Crippen LogP contribution in [0.2, 0.25) is 0 Å². The molecule has 7 heteroatoms. The summed E-state index contributed by atoms with van der Waals surface area (Å²) in [5, 5.41) is 15.9. The van der Waals surface area contributed by atoms with Crippen LogP contribution in [0.15, 0.2) is 48.5 Å². The molecule has 0 aliphatic heterocycles. The summed E-state index contributed by atoms with van der Waals surface area (Å²) < 4.78 is 4.88. The van der Waals surface area contributed by atoms with Crippen LogP contribution in [-0.2, 0) is 11.3 Å². The number of carboxylic acid groups (broad SMARTS) is 1. The van der Waals surface area contributed by atoms with E-state index in [1.807, 2.05) is 0 Å². The molecule has 0 saturated heterocycles. The number of nitrogens with one attached hydrogen (secondary N) is 2. The van der Waals surface area contributed by atoms with Gasteiger partial charge in [-0.2, -0.15) is 0 Å². The minimum atomic E-state index is -1.25. The number of carbonyl (C=O) groups is 3. The molecule has 2 amide bonds. The predicted octanol–water partition coefficient (Wildman–Crippen LogP) is 1.55. The van der Waals surface area contributed by atoms with Crippen LogP contribution in [0.5, 0.6) is 0 Å². The molecular weight excluding hydrogens is 324 g/mol. The third-order valence-corrected chi connectivity index (χ3v) is 3.30. The highest BCUT2D eigenvalue weighted by atomic mass is 16.5. The Balaban J connectivity index is 1.85. The topological polar surface area (TPSA) is 108 Å². The second kappa shape index (κ2) is 8.49. The molecule has 0 bridgehead atoms.